The minimum Gasteiger partial charge on any atom is -0.314 e. The van der Waals surface area contributed by atoms with Crippen molar-refractivity contribution in [2.75, 3.05) is 6.54 Å². The van der Waals surface area contributed by atoms with Gasteiger partial charge in [0.05, 0.1) is 0 Å². The van der Waals surface area contributed by atoms with E-state index in [1.165, 1.54) is 44.2 Å². The van der Waals surface area contributed by atoms with Gasteiger partial charge in [-0.25, -0.2) is 0 Å². The SMILES string of the molecule is CC1CCC(CNC2CC2)C(Cc2cc(Cl)ccc2Cl)C1. The molecule has 0 heterocycles. The van der Waals surface area contributed by atoms with Crippen LogP contribution in [0.5, 0.6) is 0 Å². The fourth-order valence-corrected chi connectivity index (χ4v) is 4.06. The highest BCUT2D eigenvalue weighted by Gasteiger charge is 2.30. The Balaban J connectivity index is 1.67. The van der Waals surface area contributed by atoms with Crippen molar-refractivity contribution in [3.63, 3.8) is 0 Å². The van der Waals surface area contributed by atoms with E-state index in [2.05, 4.69) is 18.3 Å². The number of benzene rings is 1. The Morgan fingerprint density at radius 1 is 1.10 bits per heavy atom. The fourth-order valence-electron chi connectivity index (χ4n) is 3.67. The molecule has 0 bridgehead atoms. The molecule has 0 amide bonds. The van der Waals surface area contributed by atoms with Crippen LogP contribution in [0.3, 0.4) is 0 Å². The second-order valence-electron chi connectivity index (χ2n) is 7.06. The standard InChI is InChI=1S/C18H25Cl2N/c1-12-2-3-13(11-21-17-5-6-17)14(8-12)9-15-10-16(19)4-7-18(15)20/h4,7,10,12-14,17,21H,2-3,5-6,8-9,11H2,1H3. The lowest BCUT2D eigenvalue weighted by Gasteiger charge is -2.35. The minimum absolute atomic E-state index is 0.732. The summed E-state index contributed by atoms with van der Waals surface area (Å²) >= 11 is 12.5. The zero-order valence-corrected chi connectivity index (χ0v) is 14.3. The van der Waals surface area contributed by atoms with Gasteiger partial charge in [-0.1, -0.05) is 36.5 Å². The van der Waals surface area contributed by atoms with Crippen LogP contribution < -0.4 is 5.32 Å². The summed E-state index contributed by atoms with van der Waals surface area (Å²) in [6.45, 7) is 3.57. The first-order valence-corrected chi connectivity index (χ1v) is 9.04. The van der Waals surface area contributed by atoms with E-state index in [4.69, 9.17) is 23.2 Å². The van der Waals surface area contributed by atoms with Gasteiger partial charge in [-0.15, -0.1) is 0 Å². The van der Waals surface area contributed by atoms with Crippen LogP contribution in [0.1, 0.15) is 44.6 Å². The summed E-state index contributed by atoms with van der Waals surface area (Å²) in [6, 6.07) is 6.67. The molecule has 1 aromatic carbocycles. The minimum atomic E-state index is 0.732. The average molecular weight is 326 g/mol. The van der Waals surface area contributed by atoms with Crippen molar-refractivity contribution in [2.45, 2.75) is 51.5 Å². The van der Waals surface area contributed by atoms with E-state index in [0.29, 0.717) is 0 Å². The number of hydrogen-bond acceptors (Lipinski definition) is 1. The lowest BCUT2D eigenvalue weighted by Crippen LogP contribution is -2.34. The highest BCUT2D eigenvalue weighted by Crippen LogP contribution is 2.37. The summed E-state index contributed by atoms with van der Waals surface area (Å²) in [4.78, 5) is 0. The van der Waals surface area contributed by atoms with E-state index in [-0.39, 0.29) is 0 Å². The first-order chi connectivity index (χ1) is 10.1. The molecule has 0 radical (unpaired) electrons. The van der Waals surface area contributed by atoms with E-state index >= 15 is 0 Å². The van der Waals surface area contributed by atoms with Crippen molar-refractivity contribution < 1.29 is 0 Å². The molecule has 2 aliphatic rings. The molecule has 2 fully saturated rings. The Labute approximate surface area is 138 Å². The second kappa shape index (κ2) is 6.89. The quantitative estimate of drug-likeness (QED) is 0.770. The second-order valence-corrected chi connectivity index (χ2v) is 7.90. The number of nitrogens with one attached hydrogen (secondary N) is 1. The Hall–Kier alpha value is -0.240. The lowest BCUT2D eigenvalue weighted by molar-refractivity contribution is 0.183. The van der Waals surface area contributed by atoms with Crippen LogP contribution in [0.15, 0.2) is 18.2 Å². The third-order valence-electron chi connectivity index (χ3n) is 5.14. The predicted molar refractivity (Wildman–Crippen MR) is 91.2 cm³/mol. The van der Waals surface area contributed by atoms with Crippen molar-refractivity contribution in [1.82, 2.24) is 5.32 Å². The molecule has 3 rings (SSSR count). The molecule has 2 aliphatic carbocycles. The lowest BCUT2D eigenvalue weighted by atomic mass is 9.72. The first-order valence-electron chi connectivity index (χ1n) is 8.29. The van der Waals surface area contributed by atoms with Gasteiger partial charge in [-0.2, -0.15) is 0 Å². The van der Waals surface area contributed by atoms with Crippen LogP contribution in [0, 0.1) is 17.8 Å². The van der Waals surface area contributed by atoms with Crippen molar-refractivity contribution in [3.05, 3.63) is 33.8 Å². The van der Waals surface area contributed by atoms with Gasteiger partial charge in [0.2, 0.25) is 0 Å². The molecule has 0 spiro atoms. The Morgan fingerprint density at radius 3 is 2.67 bits per heavy atom. The van der Waals surface area contributed by atoms with Crippen molar-refractivity contribution >= 4 is 23.2 Å². The molecule has 1 nitrogen and oxygen atoms in total. The molecule has 0 aromatic heterocycles. The molecule has 116 valence electrons. The van der Waals surface area contributed by atoms with E-state index in [1.807, 2.05) is 12.1 Å². The topological polar surface area (TPSA) is 12.0 Å². The maximum Gasteiger partial charge on any atom is 0.0439 e. The largest absolute Gasteiger partial charge is 0.314 e. The summed E-state index contributed by atoms with van der Waals surface area (Å²) < 4.78 is 0. The molecule has 3 unspecified atom stereocenters. The third kappa shape index (κ3) is 4.37. The van der Waals surface area contributed by atoms with E-state index in [1.54, 1.807) is 0 Å². The normalized spacial score (nSPS) is 29.6. The predicted octanol–water partition coefficient (Wildman–Crippen LogP) is 5.34. The molecule has 0 aliphatic heterocycles. The Bertz CT molecular complexity index is 484. The highest BCUT2D eigenvalue weighted by molar-refractivity contribution is 6.33. The molecular weight excluding hydrogens is 301 g/mol. The van der Waals surface area contributed by atoms with Gasteiger partial charge in [-0.05, 0) is 80.2 Å². The summed E-state index contributed by atoms with van der Waals surface area (Å²) in [5, 5.41) is 5.39. The number of hydrogen-bond donors (Lipinski definition) is 1. The van der Waals surface area contributed by atoms with Gasteiger partial charge in [0.1, 0.15) is 0 Å². The molecule has 1 N–H and O–H groups in total. The van der Waals surface area contributed by atoms with Gasteiger partial charge in [0.25, 0.3) is 0 Å². The molecule has 1 aromatic rings. The van der Waals surface area contributed by atoms with Crippen molar-refractivity contribution in [2.24, 2.45) is 17.8 Å². The van der Waals surface area contributed by atoms with E-state index in [9.17, 15) is 0 Å². The van der Waals surface area contributed by atoms with Gasteiger partial charge in [-0.3, -0.25) is 0 Å². The Kier molecular flexibility index (Phi) is 5.14. The summed E-state index contributed by atoms with van der Waals surface area (Å²) in [7, 11) is 0. The maximum absolute atomic E-state index is 6.36. The van der Waals surface area contributed by atoms with Gasteiger partial charge in [0, 0.05) is 16.1 Å². The molecule has 3 heteroatoms. The average Bonchev–Trinajstić information content (AvgIpc) is 3.26. The van der Waals surface area contributed by atoms with Gasteiger partial charge < -0.3 is 5.32 Å². The van der Waals surface area contributed by atoms with E-state index in [0.717, 1.165) is 40.3 Å². The van der Waals surface area contributed by atoms with Crippen LogP contribution in [-0.2, 0) is 6.42 Å². The Morgan fingerprint density at radius 2 is 1.90 bits per heavy atom. The third-order valence-corrected chi connectivity index (χ3v) is 5.74. The number of rotatable bonds is 5. The number of halogens is 2. The highest BCUT2D eigenvalue weighted by atomic mass is 35.5. The molecular formula is C18H25Cl2N. The summed E-state index contributed by atoms with van der Waals surface area (Å²) in [5.41, 5.74) is 1.22. The summed E-state index contributed by atoms with van der Waals surface area (Å²) in [6.07, 6.45) is 7.85. The van der Waals surface area contributed by atoms with Crippen molar-refractivity contribution in [1.29, 1.82) is 0 Å². The fraction of sp³-hybridized carbons (Fsp3) is 0.667. The van der Waals surface area contributed by atoms with Gasteiger partial charge >= 0.3 is 0 Å². The maximum atomic E-state index is 6.36. The van der Waals surface area contributed by atoms with Crippen LogP contribution in [0.2, 0.25) is 10.0 Å². The monoisotopic (exact) mass is 325 g/mol. The van der Waals surface area contributed by atoms with Crippen LogP contribution in [-0.4, -0.2) is 12.6 Å². The zero-order chi connectivity index (χ0) is 14.8. The first kappa shape index (κ1) is 15.6. The van der Waals surface area contributed by atoms with Crippen LogP contribution in [0.25, 0.3) is 0 Å². The molecule has 2 saturated carbocycles. The smallest absolute Gasteiger partial charge is 0.0439 e. The molecule has 21 heavy (non-hydrogen) atoms. The van der Waals surface area contributed by atoms with Crippen LogP contribution >= 0.6 is 23.2 Å². The molecule has 0 saturated heterocycles. The zero-order valence-electron chi connectivity index (χ0n) is 12.7. The van der Waals surface area contributed by atoms with E-state index < -0.39 is 0 Å². The van der Waals surface area contributed by atoms with Gasteiger partial charge in [0.15, 0.2) is 0 Å². The summed E-state index contributed by atoms with van der Waals surface area (Å²) in [5.74, 6) is 2.36. The van der Waals surface area contributed by atoms with Crippen molar-refractivity contribution in [3.8, 4) is 0 Å². The van der Waals surface area contributed by atoms with Crippen LogP contribution in [0.4, 0.5) is 0 Å². The molecule has 3 atom stereocenters.